The number of nitrogens with one attached hydrogen (secondary N) is 1. The number of aromatic nitrogens is 2. The smallest absolute Gasteiger partial charge is 0.283 e. The average molecular weight is 332 g/mol. The van der Waals surface area contributed by atoms with Gasteiger partial charge in [0.25, 0.3) is 5.56 Å². The van der Waals surface area contributed by atoms with Crippen molar-refractivity contribution in [1.29, 1.82) is 0 Å². The Labute approximate surface area is 120 Å². The molecule has 0 unspecified atom stereocenters. The highest BCUT2D eigenvalue weighted by Gasteiger charge is 2.23. The van der Waals surface area contributed by atoms with E-state index in [1.165, 1.54) is 17.5 Å². The van der Waals surface area contributed by atoms with E-state index in [1.807, 2.05) is 0 Å². The highest BCUT2D eigenvalue weighted by Crippen LogP contribution is 2.30. The van der Waals surface area contributed by atoms with E-state index in [0.29, 0.717) is 29.2 Å². The Hall–Kier alpha value is -0.920. The van der Waals surface area contributed by atoms with Crippen molar-refractivity contribution >= 4 is 21.6 Å². The van der Waals surface area contributed by atoms with Crippen LogP contribution < -0.4 is 10.9 Å². The van der Waals surface area contributed by atoms with E-state index in [1.54, 1.807) is 20.4 Å². The van der Waals surface area contributed by atoms with Crippen LogP contribution in [0.5, 0.6) is 0 Å². The van der Waals surface area contributed by atoms with E-state index in [-0.39, 0.29) is 11.8 Å². The fraction of sp³-hybridized carbons (Fsp3) is 0.667. The minimum absolute atomic E-state index is 0.108. The number of nitrogens with zero attached hydrogens (tertiary/aromatic N) is 2. The summed E-state index contributed by atoms with van der Waals surface area (Å²) in [5, 5.41) is 7.26. The molecular weight excluding hydrogens is 314 g/mol. The first-order valence-electron chi connectivity index (χ1n) is 6.20. The van der Waals surface area contributed by atoms with Crippen LogP contribution in [-0.4, -0.2) is 36.8 Å². The number of hydrogen-bond acceptors (Lipinski definition) is 5. The highest BCUT2D eigenvalue weighted by atomic mass is 79.9. The lowest BCUT2D eigenvalue weighted by molar-refractivity contribution is -0.0914. The average Bonchev–Trinajstić information content (AvgIpc) is 3.22. The monoisotopic (exact) mass is 331 g/mol. The summed E-state index contributed by atoms with van der Waals surface area (Å²) in [6.07, 6.45) is 3.67. The second-order valence-electron chi connectivity index (χ2n) is 4.58. The molecule has 0 aliphatic heterocycles. The molecule has 0 saturated heterocycles. The molecule has 7 heteroatoms. The molecule has 1 heterocycles. The summed E-state index contributed by atoms with van der Waals surface area (Å²) in [7, 11) is 3.13. The first kappa shape index (κ1) is 14.5. The Morgan fingerprint density at radius 2 is 2.21 bits per heavy atom. The summed E-state index contributed by atoms with van der Waals surface area (Å²) in [5.74, 6) is 0.613. The summed E-state index contributed by atoms with van der Waals surface area (Å²) >= 11 is 3.32. The SMILES string of the molecule is COC(CNc1cnn(CC2CC2)c(=O)c1Br)OC. The van der Waals surface area contributed by atoms with Crippen LogP contribution in [0.3, 0.4) is 0 Å². The number of rotatable bonds is 7. The minimum Gasteiger partial charge on any atom is -0.378 e. The maximum Gasteiger partial charge on any atom is 0.283 e. The molecule has 1 aliphatic carbocycles. The number of ether oxygens (including phenoxy) is 2. The van der Waals surface area contributed by atoms with Crippen molar-refractivity contribution in [2.45, 2.75) is 25.7 Å². The van der Waals surface area contributed by atoms with Crippen LogP contribution in [0.1, 0.15) is 12.8 Å². The number of anilines is 1. The molecule has 2 rings (SSSR count). The van der Waals surface area contributed by atoms with E-state index in [2.05, 4.69) is 26.3 Å². The van der Waals surface area contributed by atoms with Crippen molar-refractivity contribution in [3.8, 4) is 0 Å². The molecule has 0 radical (unpaired) electrons. The molecule has 1 N–H and O–H groups in total. The second-order valence-corrected chi connectivity index (χ2v) is 5.38. The number of halogens is 1. The molecular formula is C12H18BrN3O3. The zero-order valence-electron chi connectivity index (χ0n) is 11.1. The molecule has 0 amide bonds. The van der Waals surface area contributed by atoms with Crippen LogP contribution in [0.4, 0.5) is 5.69 Å². The highest BCUT2D eigenvalue weighted by molar-refractivity contribution is 9.10. The van der Waals surface area contributed by atoms with Crippen LogP contribution >= 0.6 is 15.9 Å². The molecule has 0 bridgehead atoms. The minimum atomic E-state index is -0.360. The maximum absolute atomic E-state index is 12.1. The normalized spacial score (nSPS) is 14.9. The van der Waals surface area contributed by atoms with Crippen molar-refractivity contribution in [2.24, 2.45) is 5.92 Å². The summed E-state index contributed by atoms with van der Waals surface area (Å²) in [6.45, 7) is 1.15. The standard InChI is InChI=1S/C12H18BrN3O3/c1-18-10(19-2)6-14-9-5-15-16(7-8-3-4-8)12(17)11(9)13/h5,8,10,14H,3-4,6-7H2,1-2H3. The van der Waals surface area contributed by atoms with Crippen molar-refractivity contribution in [2.75, 3.05) is 26.1 Å². The van der Waals surface area contributed by atoms with Gasteiger partial charge in [-0.2, -0.15) is 5.10 Å². The largest absolute Gasteiger partial charge is 0.378 e. The van der Waals surface area contributed by atoms with Crippen LogP contribution in [-0.2, 0) is 16.0 Å². The Morgan fingerprint density at radius 1 is 1.53 bits per heavy atom. The second kappa shape index (κ2) is 6.49. The predicted octanol–water partition coefficient (Wildman–Crippen LogP) is 1.45. The Balaban J connectivity index is 2.05. The van der Waals surface area contributed by atoms with Crippen molar-refractivity contribution in [3.05, 3.63) is 21.0 Å². The third-order valence-corrected chi connectivity index (χ3v) is 3.86. The van der Waals surface area contributed by atoms with Crippen molar-refractivity contribution in [3.63, 3.8) is 0 Å². The first-order chi connectivity index (χ1) is 9.15. The molecule has 0 aromatic carbocycles. The summed E-state index contributed by atoms with van der Waals surface area (Å²) in [4.78, 5) is 12.1. The van der Waals surface area contributed by atoms with E-state index >= 15 is 0 Å². The fourth-order valence-electron chi connectivity index (χ4n) is 1.72. The van der Waals surface area contributed by atoms with Gasteiger partial charge in [-0.25, -0.2) is 4.68 Å². The van der Waals surface area contributed by atoms with E-state index in [0.717, 1.165) is 0 Å². The van der Waals surface area contributed by atoms with E-state index < -0.39 is 0 Å². The summed E-state index contributed by atoms with van der Waals surface area (Å²) < 4.78 is 12.1. The molecule has 1 aliphatic rings. The molecule has 106 valence electrons. The zero-order chi connectivity index (χ0) is 13.8. The van der Waals surface area contributed by atoms with Gasteiger partial charge in [0, 0.05) is 20.8 Å². The number of methoxy groups -OCH3 is 2. The molecule has 0 atom stereocenters. The van der Waals surface area contributed by atoms with Gasteiger partial charge in [-0.05, 0) is 34.7 Å². The van der Waals surface area contributed by atoms with Gasteiger partial charge in [-0.15, -0.1) is 0 Å². The van der Waals surface area contributed by atoms with Gasteiger partial charge in [-0.1, -0.05) is 0 Å². The maximum atomic E-state index is 12.1. The van der Waals surface area contributed by atoms with E-state index in [9.17, 15) is 4.79 Å². The fourth-order valence-corrected chi connectivity index (χ4v) is 2.17. The summed E-state index contributed by atoms with van der Waals surface area (Å²) in [5.41, 5.74) is 0.541. The van der Waals surface area contributed by atoms with Gasteiger partial charge in [0.05, 0.1) is 18.4 Å². The topological polar surface area (TPSA) is 65.4 Å². The Morgan fingerprint density at radius 3 is 2.79 bits per heavy atom. The van der Waals surface area contributed by atoms with Crippen LogP contribution in [0, 0.1) is 5.92 Å². The Kier molecular flexibility index (Phi) is 4.95. The first-order valence-corrected chi connectivity index (χ1v) is 7.00. The van der Waals surface area contributed by atoms with E-state index in [4.69, 9.17) is 9.47 Å². The van der Waals surface area contributed by atoms with Gasteiger partial charge in [0.2, 0.25) is 0 Å². The van der Waals surface area contributed by atoms with Crippen molar-refractivity contribution < 1.29 is 9.47 Å². The molecule has 0 spiro atoms. The predicted molar refractivity (Wildman–Crippen MR) is 75.2 cm³/mol. The third kappa shape index (κ3) is 3.77. The molecule has 1 saturated carbocycles. The lowest BCUT2D eigenvalue weighted by Gasteiger charge is -2.15. The van der Waals surface area contributed by atoms with Crippen LogP contribution in [0.15, 0.2) is 15.5 Å². The lowest BCUT2D eigenvalue weighted by Crippen LogP contribution is -2.28. The lowest BCUT2D eigenvalue weighted by atomic mass is 10.4. The van der Waals surface area contributed by atoms with Crippen LogP contribution in [0.25, 0.3) is 0 Å². The molecule has 6 nitrogen and oxygen atoms in total. The van der Waals surface area contributed by atoms with Crippen LogP contribution in [0.2, 0.25) is 0 Å². The van der Waals surface area contributed by atoms with Gasteiger partial charge < -0.3 is 14.8 Å². The molecule has 1 aromatic rings. The van der Waals surface area contributed by atoms with Gasteiger partial charge in [0.15, 0.2) is 6.29 Å². The van der Waals surface area contributed by atoms with Crippen molar-refractivity contribution in [1.82, 2.24) is 9.78 Å². The van der Waals surface area contributed by atoms with Gasteiger partial charge in [0.1, 0.15) is 4.47 Å². The number of hydrogen-bond donors (Lipinski definition) is 1. The molecule has 19 heavy (non-hydrogen) atoms. The Bertz CT molecular complexity index is 484. The quantitative estimate of drug-likeness (QED) is 0.766. The molecule has 1 aromatic heterocycles. The van der Waals surface area contributed by atoms with Gasteiger partial charge >= 0.3 is 0 Å². The third-order valence-electron chi connectivity index (χ3n) is 3.10. The zero-order valence-corrected chi connectivity index (χ0v) is 12.6. The molecule has 1 fully saturated rings. The summed E-state index contributed by atoms with van der Waals surface area (Å²) in [6, 6.07) is 0. The van der Waals surface area contributed by atoms with Gasteiger partial charge in [-0.3, -0.25) is 4.79 Å².